The number of nitrogens with zero attached hydrogens (tertiary/aromatic N) is 2. The van der Waals surface area contributed by atoms with Crippen molar-refractivity contribution < 1.29 is 31.9 Å². The Labute approximate surface area is 138 Å². The summed E-state index contributed by atoms with van der Waals surface area (Å²) in [6.07, 6.45) is -4.65. The molecule has 1 aromatic carbocycles. The third-order valence-electron chi connectivity index (χ3n) is 3.88. The van der Waals surface area contributed by atoms with Gasteiger partial charge in [0.15, 0.2) is 0 Å². The molecule has 1 amide bonds. The summed E-state index contributed by atoms with van der Waals surface area (Å²) in [5.74, 6) is -6.44. The second-order valence-corrected chi connectivity index (χ2v) is 5.48. The molecule has 0 fully saturated rings. The number of aromatic nitrogens is 1. The lowest BCUT2D eigenvalue weighted by Crippen LogP contribution is -2.34. The van der Waals surface area contributed by atoms with E-state index in [2.05, 4.69) is 4.98 Å². The van der Waals surface area contributed by atoms with Crippen LogP contribution in [0.4, 0.5) is 27.6 Å². The first-order chi connectivity index (χ1) is 11.7. The van der Waals surface area contributed by atoms with Gasteiger partial charge in [-0.2, -0.15) is 13.2 Å². The Morgan fingerprint density at radius 2 is 1.92 bits per heavy atom. The molecule has 0 spiro atoms. The lowest BCUT2D eigenvalue weighted by molar-refractivity contribution is -0.142. The van der Waals surface area contributed by atoms with E-state index in [1.807, 2.05) is 0 Å². The van der Waals surface area contributed by atoms with Crippen LogP contribution in [-0.4, -0.2) is 22.4 Å². The molecule has 1 N–H and O–H groups in total. The molecule has 132 valence electrons. The lowest BCUT2D eigenvalue weighted by Gasteiger charge is -2.18. The van der Waals surface area contributed by atoms with E-state index < -0.39 is 41.4 Å². The van der Waals surface area contributed by atoms with Crippen molar-refractivity contribution in [3.8, 4) is 0 Å². The number of fused-ring (bicyclic) bond motifs is 1. The molecule has 1 unspecified atom stereocenters. The first-order valence-corrected chi connectivity index (χ1v) is 7.13. The number of pyridine rings is 1. The quantitative estimate of drug-likeness (QED) is 0.675. The van der Waals surface area contributed by atoms with E-state index in [9.17, 15) is 31.9 Å². The molecular weight excluding hydrogens is 347 g/mol. The molecule has 0 bridgehead atoms. The van der Waals surface area contributed by atoms with Gasteiger partial charge in [0.25, 0.3) is 6.43 Å². The molecule has 2 aromatic rings. The molecule has 1 aromatic heterocycles. The number of halogens is 5. The number of hydrogen-bond acceptors (Lipinski definition) is 3. The average Bonchev–Trinajstić information content (AvgIpc) is 2.77. The van der Waals surface area contributed by atoms with Gasteiger partial charge >= 0.3 is 11.8 Å². The van der Waals surface area contributed by atoms with Crippen LogP contribution in [0.2, 0.25) is 0 Å². The highest BCUT2D eigenvalue weighted by Gasteiger charge is 2.55. The maximum atomic E-state index is 14.4. The van der Waals surface area contributed by atoms with Crippen molar-refractivity contribution in [3.63, 3.8) is 0 Å². The fourth-order valence-corrected chi connectivity index (χ4v) is 2.73. The molecule has 1 atom stereocenters. The molecule has 0 saturated heterocycles. The Hall–Kier alpha value is -2.55. The smallest absolute Gasteiger partial charge is 0.352 e. The minimum absolute atomic E-state index is 0.276. The first-order valence-electron chi connectivity index (χ1n) is 7.13. The van der Waals surface area contributed by atoms with Gasteiger partial charge in [0, 0.05) is 6.20 Å². The Bertz CT molecular complexity index is 811. The number of carbonyl (C=O) groups is 1. The van der Waals surface area contributed by atoms with Gasteiger partial charge in [0.05, 0.1) is 17.8 Å². The third-order valence-corrected chi connectivity index (χ3v) is 3.88. The fraction of sp³-hybridized carbons (Fsp3) is 0.250. The van der Waals surface area contributed by atoms with Crippen molar-refractivity contribution in [1.29, 1.82) is 0 Å². The maximum absolute atomic E-state index is 14.4. The van der Waals surface area contributed by atoms with Crippen molar-refractivity contribution in [1.82, 2.24) is 4.98 Å². The standard InChI is InChI=1S/C16H11F5N2O2/c17-11-5-4-8(6-22-11)7-23-10-3-1-2-9(13(24)14(18)19)12(10)16(20,21)15(23)25/h1-6,13-14,24H,7H2. The molecule has 2 heterocycles. The second kappa shape index (κ2) is 6.07. The van der Waals surface area contributed by atoms with Crippen LogP contribution in [0.1, 0.15) is 22.8 Å². The summed E-state index contributed by atoms with van der Waals surface area (Å²) >= 11 is 0. The molecular formula is C16H11F5N2O2. The van der Waals surface area contributed by atoms with Gasteiger partial charge in [-0.15, -0.1) is 0 Å². The molecule has 4 nitrogen and oxygen atoms in total. The second-order valence-electron chi connectivity index (χ2n) is 5.48. The molecule has 3 rings (SSSR count). The Morgan fingerprint density at radius 1 is 1.20 bits per heavy atom. The van der Waals surface area contributed by atoms with Crippen molar-refractivity contribution in [2.45, 2.75) is 25.0 Å². The van der Waals surface area contributed by atoms with Gasteiger partial charge in [0.1, 0.15) is 6.10 Å². The number of hydrogen-bond donors (Lipinski definition) is 1. The number of carbonyl (C=O) groups excluding carboxylic acids is 1. The van der Waals surface area contributed by atoms with Crippen LogP contribution in [0.25, 0.3) is 0 Å². The molecule has 0 aliphatic carbocycles. The predicted octanol–water partition coefficient (Wildman–Crippen LogP) is 3.16. The zero-order chi connectivity index (χ0) is 18.4. The Morgan fingerprint density at radius 3 is 2.52 bits per heavy atom. The number of benzene rings is 1. The lowest BCUT2D eigenvalue weighted by atomic mass is 9.98. The SMILES string of the molecule is O=C1N(Cc2ccc(F)nc2)c2cccc(C(O)C(F)F)c2C1(F)F. The summed E-state index contributed by atoms with van der Waals surface area (Å²) < 4.78 is 67.2. The first kappa shape index (κ1) is 17.3. The average molecular weight is 358 g/mol. The van der Waals surface area contributed by atoms with E-state index in [0.717, 1.165) is 18.3 Å². The summed E-state index contributed by atoms with van der Waals surface area (Å²) in [6.45, 7) is -0.344. The van der Waals surface area contributed by atoms with Gasteiger partial charge in [0.2, 0.25) is 5.95 Å². The van der Waals surface area contributed by atoms with Crippen molar-refractivity contribution in [3.05, 3.63) is 59.2 Å². The number of anilines is 1. The van der Waals surface area contributed by atoms with Crippen molar-refractivity contribution in [2.75, 3.05) is 4.90 Å². The van der Waals surface area contributed by atoms with E-state index in [-0.39, 0.29) is 17.8 Å². The number of amides is 1. The van der Waals surface area contributed by atoms with Gasteiger partial charge in [-0.25, -0.2) is 13.8 Å². The van der Waals surface area contributed by atoms with E-state index in [0.29, 0.717) is 4.90 Å². The number of aliphatic hydroxyl groups is 1. The van der Waals surface area contributed by atoms with E-state index in [1.54, 1.807) is 0 Å². The number of rotatable bonds is 4. The van der Waals surface area contributed by atoms with Crippen LogP contribution in [0.15, 0.2) is 36.5 Å². The largest absolute Gasteiger partial charge is 0.382 e. The zero-order valence-electron chi connectivity index (χ0n) is 12.5. The molecule has 0 radical (unpaired) electrons. The molecule has 9 heteroatoms. The van der Waals surface area contributed by atoms with Crippen molar-refractivity contribution >= 4 is 11.6 Å². The van der Waals surface area contributed by atoms with Gasteiger partial charge < -0.3 is 10.0 Å². The van der Waals surface area contributed by atoms with Gasteiger partial charge in [-0.1, -0.05) is 18.2 Å². The zero-order valence-corrected chi connectivity index (χ0v) is 12.5. The minimum Gasteiger partial charge on any atom is -0.382 e. The summed E-state index contributed by atoms with van der Waals surface area (Å²) in [4.78, 5) is 16.2. The summed E-state index contributed by atoms with van der Waals surface area (Å²) in [7, 11) is 0. The Balaban J connectivity index is 2.06. The fourth-order valence-electron chi connectivity index (χ4n) is 2.73. The molecule has 25 heavy (non-hydrogen) atoms. The van der Waals surface area contributed by atoms with Crippen LogP contribution in [0, 0.1) is 5.95 Å². The van der Waals surface area contributed by atoms with Gasteiger partial charge in [-0.05, 0) is 23.3 Å². The number of aliphatic hydroxyl groups excluding tert-OH is 1. The summed E-state index contributed by atoms with van der Waals surface area (Å²) in [5.41, 5.74) is -1.65. The topological polar surface area (TPSA) is 53.4 Å². The predicted molar refractivity (Wildman–Crippen MR) is 76.7 cm³/mol. The summed E-state index contributed by atoms with van der Waals surface area (Å²) in [6, 6.07) is 5.58. The summed E-state index contributed by atoms with van der Waals surface area (Å²) in [5, 5.41) is 9.52. The van der Waals surface area contributed by atoms with E-state index in [4.69, 9.17) is 0 Å². The van der Waals surface area contributed by atoms with Crippen LogP contribution in [-0.2, 0) is 17.3 Å². The highest BCUT2D eigenvalue weighted by molar-refractivity contribution is 6.06. The number of alkyl halides is 4. The molecule has 1 aliphatic rings. The van der Waals surface area contributed by atoms with Crippen LogP contribution >= 0.6 is 0 Å². The molecule has 1 aliphatic heterocycles. The highest BCUT2D eigenvalue weighted by atomic mass is 19.3. The van der Waals surface area contributed by atoms with Crippen LogP contribution in [0.3, 0.4) is 0 Å². The third kappa shape index (κ3) is 2.84. The van der Waals surface area contributed by atoms with Crippen molar-refractivity contribution in [2.24, 2.45) is 0 Å². The van der Waals surface area contributed by atoms with E-state index >= 15 is 0 Å². The normalized spacial score (nSPS) is 17.1. The Kier molecular flexibility index (Phi) is 4.19. The van der Waals surface area contributed by atoms with Crippen LogP contribution < -0.4 is 4.90 Å². The van der Waals surface area contributed by atoms with Gasteiger partial charge in [-0.3, -0.25) is 4.79 Å². The highest BCUT2D eigenvalue weighted by Crippen LogP contribution is 2.48. The minimum atomic E-state index is -4.06. The van der Waals surface area contributed by atoms with Crippen LogP contribution in [0.5, 0.6) is 0 Å². The molecule has 0 saturated carbocycles. The monoisotopic (exact) mass is 358 g/mol. The maximum Gasteiger partial charge on any atom is 0.352 e. The van der Waals surface area contributed by atoms with E-state index in [1.165, 1.54) is 18.2 Å².